The summed E-state index contributed by atoms with van der Waals surface area (Å²) >= 11 is 0. The number of hydrogen-bond donors (Lipinski definition) is 3. The molecule has 3 aliphatic rings. The van der Waals surface area contributed by atoms with E-state index in [1.165, 1.54) is 9.70 Å². The Kier molecular flexibility index (Phi) is 9.89. The summed E-state index contributed by atoms with van der Waals surface area (Å²) in [5.41, 5.74) is -1.57. The van der Waals surface area contributed by atoms with Gasteiger partial charge in [0.2, 0.25) is 17.6 Å². The molecule has 3 aromatic rings. The van der Waals surface area contributed by atoms with Gasteiger partial charge in [0.25, 0.3) is 0 Å². The van der Waals surface area contributed by atoms with Crippen molar-refractivity contribution in [3.05, 3.63) is 66.7 Å². The summed E-state index contributed by atoms with van der Waals surface area (Å²) in [6.45, 7) is 5.25. The number of aliphatic carboxylic acids is 1. The van der Waals surface area contributed by atoms with Crippen LogP contribution < -0.4 is 15.4 Å². The zero-order valence-electron chi connectivity index (χ0n) is 28.4. The lowest BCUT2D eigenvalue weighted by Crippen LogP contribution is -2.56. The molecule has 1 aromatic heterocycles. The highest BCUT2D eigenvalue weighted by atomic mass is 16.6. The van der Waals surface area contributed by atoms with Crippen LogP contribution in [0.25, 0.3) is 11.4 Å². The van der Waals surface area contributed by atoms with Crippen molar-refractivity contribution in [2.45, 2.75) is 95.0 Å². The first kappa shape index (κ1) is 34.6. The highest BCUT2D eigenvalue weighted by molar-refractivity contribution is 5.96. The molecule has 0 unspecified atom stereocenters. The number of aromatic nitrogens is 4. The van der Waals surface area contributed by atoms with Crippen molar-refractivity contribution in [3.8, 4) is 22.9 Å². The summed E-state index contributed by atoms with van der Waals surface area (Å²) in [5, 5.41) is 28.8. The van der Waals surface area contributed by atoms with Gasteiger partial charge in [-0.3, -0.25) is 9.59 Å². The molecule has 0 radical (unpaired) electrons. The van der Waals surface area contributed by atoms with Crippen LogP contribution in [-0.4, -0.2) is 83.9 Å². The van der Waals surface area contributed by atoms with Crippen molar-refractivity contribution in [1.82, 2.24) is 35.7 Å². The van der Waals surface area contributed by atoms with Gasteiger partial charge in [-0.05, 0) is 75.9 Å². The number of fused-ring (bicyclic) bond motifs is 2. The fourth-order valence-electron chi connectivity index (χ4n) is 6.51. The van der Waals surface area contributed by atoms with Gasteiger partial charge < -0.3 is 30.1 Å². The van der Waals surface area contributed by atoms with Crippen LogP contribution in [0.1, 0.15) is 71.8 Å². The fraction of sp³-hybridized carbons (Fsp3) is 0.472. The zero-order chi connectivity index (χ0) is 35.5. The Labute approximate surface area is 290 Å². The minimum atomic E-state index is -1.44. The molecule has 2 aromatic carbocycles. The van der Waals surface area contributed by atoms with E-state index in [2.05, 4.69) is 26.0 Å². The Bertz CT molecular complexity index is 1750. The van der Waals surface area contributed by atoms with E-state index in [-0.39, 0.29) is 25.3 Å². The molecule has 3 heterocycles. The van der Waals surface area contributed by atoms with Crippen molar-refractivity contribution in [3.63, 3.8) is 0 Å². The average molecular weight is 686 g/mol. The maximum Gasteiger partial charge on any atom is 0.408 e. The number of hydrogen-bond acceptors (Lipinski definition) is 9. The lowest BCUT2D eigenvalue weighted by Gasteiger charge is -2.30. The number of rotatable bonds is 6. The van der Waals surface area contributed by atoms with E-state index < -0.39 is 53.1 Å². The number of benzene rings is 2. The first-order chi connectivity index (χ1) is 23.9. The van der Waals surface area contributed by atoms with Crippen molar-refractivity contribution in [1.29, 1.82) is 0 Å². The molecule has 14 heteroatoms. The highest BCUT2D eigenvalue weighted by Crippen LogP contribution is 2.45. The SMILES string of the molecule is CC(C)(C)OC(=O)N[C@@H]1CCCCC/C=C\[C@@H]2C[C@]2(C(=O)O)NC(=O)[C@@H]2C[C@H](n3nnc(-c4cccc(Oc5ccccc5)c4)n3)CN2C1=O. The average Bonchev–Trinajstić information content (AvgIpc) is 3.37. The molecular formula is C36H43N7O7. The third kappa shape index (κ3) is 7.95. The van der Waals surface area contributed by atoms with E-state index in [0.29, 0.717) is 35.7 Å². The van der Waals surface area contributed by atoms with Crippen molar-refractivity contribution < 1.29 is 33.8 Å². The molecule has 3 N–H and O–H groups in total. The number of nitrogens with one attached hydrogen (secondary N) is 2. The molecule has 50 heavy (non-hydrogen) atoms. The molecule has 3 amide bonds. The standard InChI is InChI=1S/C36H43N7O7/c1-35(2,3)50-34(48)37-28-18-11-6-4-5-8-14-24-21-36(24,33(46)47)38-31(44)29-20-25(22-42(29)32(28)45)43-40-30(39-41-43)23-13-12-17-27(19-23)49-26-15-9-7-10-16-26/h7-10,12-17,19,24-25,28-29H,4-6,11,18,20-22H2,1-3H3,(H,37,48)(H,38,44)(H,46,47)/b14-8-/t24-,25+,28-,29+,36+/m1/s1. The highest BCUT2D eigenvalue weighted by Gasteiger charge is 2.61. The molecule has 6 rings (SSSR count). The number of amides is 3. The first-order valence-electron chi connectivity index (χ1n) is 17.1. The van der Waals surface area contributed by atoms with E-state index in [1.54, 1.807) is 26.8 Å². The maximum absolute atomic E-state index is 14.3. The second-order valence-corrected chi connectivity index (χ2v) is 14.1. The topological polar surface area (TPSA) is 178 Å². The smallest absolute Gasteiger partial charge is 0.408 e. The number of carboxylic acid groups (broad SMARTS) is 1. The monoisotopic (exact) mass is 685 g/mol. The van der Waals surface area contributed by atoms with Crippen LogP contribution in [0.5, 0.6) is 11.5 Å². The molecule has 1 aliphatic carbocycles. The number of carboxylic acids is 1. The second-order valence-electron chi connectivity index (χ2n) is 14.1. The molecule has 5 atom stereocenters. The normalized spacial score (nSPS) is 26.3. The Balaban J connectivity index is 1.27. The number of alkyl carbamates (subject to hydrolysis) is 1. The Hall–Kier alpha value is -5.27. The third-order valence-corrected chi connectivity index (χ3v) is 9.15. The number of tetrazole rings is 1. The maximum atomic E-state index is 14.3. The molecule has 14 nitrogen and oxygen atoms in total. The van der Waals surface area contributed by atoms with Crippen LogP contribution >= 0.6 is 0 Å². The Morgan fingerprint density at radius 1 is 1.04 bits per heavy atom. The molecule has 0 spiro atoms. The van der Waals surface area contributed by atoms with Gasteiger partial charge in [0.15, 0.2) is 0 Å². The molecule has 2 fully saturated rings. The van der Waals surface area contributed by atoms with Crippen molar-refractivity contribution in [2.24, 2.45) is 5.92 Å². The van der Waals surface area contributed by atoms with Gasteiger partial charge in [-0.15, -0.1) is 10.2 Å². The molecule has 1 saturated heterocycles. The molecular weight excluding hydrogens is 642 g/mol. The van der Waals surface area contributed by atoms with Gasteiger partial charge in [0.1, 0.15) is 34.7 Å². The van der Waals surface area contributed by atoms with E-state index in [0.717, 1.165) is 19.3 Å². The number of carbonyl (C=O) groups is 4. The minimum absolute atomic E-state index is 0.0414. The van der Waals surface area contributed by atoms with Gasteiger partial charge >= 0.3 is 12.1 Å². The summed E-state index contributed by atoms with van der Waals surface area (Å²) in [6, 6.07) is 14.1. The van der Waals surface area contributed by atoms with E-state index in [1.807, 2.05) is 60.7 Å². The van der Waals surface area contributed by atoms with E-state index in [9.17, 15) is 24.3 Å². The second kappa shape index (κ2) is 14.3. The summed E-state index contributed by atoms with van der Waals surface area (Å²) in [4.78, 5) is 56.3. The number of carbonyl (C=O) groups excluding carboxylic acids is 3. The predicted octanol–water partition coefficient (Wildman–Crippen LogP) is 4.65. The van der Waals surface area contributed by atoms with Crippen molar-refractivity contribution in [2.75, 3.05) is 6.54 Å². The summed E-state index contributed by atoms with van der Waals surface area (Å²) < 4.78 is 11.4. The number of nitrogens with zero attached hydrogens (tertiary/aromatic N) is 5. The van der Waals surface area contributed by atoms with Gasteiger partial charge in [-0.25, -0.2) is 9.59 Å². The number of ether oxygens (including phenoxy) is 2. The third-order valence-electron chi connectivity index (χ3n) is 9.15. The largest absolute Gasteiger partial charge is 0.479 e. The van der Waals surface area contributed by atoms with Crippen molar-refractivity contribution >= 4 is 23.9 Å². The fourth-order valence-corrected chi connectivity index (χ4v) is 6.51. The van der Waals surface area contributed by atoms with Crippen LogP contribution in [0.3, 0.4) is 0 Å². The van der Waals surface area contributed by atoms with Crippen LogP contribution in [0.4, 0.5) is 4.79 Å². The predicted molar refractivity (Wildman–Crippen MR) is 181 cm³/mol. The summed E-state index contributed by atoms with van der Waals surface area (Å²) in [7, 11) is 0. The molecule has 0 bridgehead atoms. The number of allylic oxidation sites excluding steroid dienone is 1. The Morgan fingerprint density at radius 2 is 1.82 bits per heavy atom. The van der Waals surface area contributed by atoms with E-state index in [4.69, 9.17) is 9.47 Å². The summed E-state index contributed by atoms with van der Waals surface area (Å²) in [6.07, 6.45) is 6.82. The Morgan fingerprint density at radius 3 is 2.58 bits per heavy atom. The van der Waals surface area contributed by atoms with Gasteiger partial charge in [-0.1, -0.05) is 55.3 Å². The van der Waals surface area contributed by atoms with Crippen LogP contribution in [0.15, 0.2) is 66.7 Å². The van der Waals surface area contributed by atoms with Gasteiger partial charge in [-0.2, -0.15) is 4.80 Å². The van der Waals surface area contributed by atoms with Crippen LogP contribution in [0, 0.1) is 5.92 Å². The molecule has 1 saturated carbocycles. The minimum Gasteiger partial charge on any atom is -0.479 e. The quantitative estimate of drug-likeness (QED) is 0.310. The summed E-state index contributed by atoms with van der Waals surface area (Å²) in [5.74, 6) is -0.934. The lowest BCUT2D eigenvalue weighted by molar-refractivity contribution is -0.145. The molecule has 264 valence electrons. The van der Waals surface area contributed by atoms with Crippen LogP contribution in [0.2, 0.25) is 0 Å². The molecule has 2 aliphatic heterocycles. The van der Waals surface area contributed by atoms with Gasteiger partial charge in [0.05, 0.1) is 6.04 Å². The van der Waals surface area contributed by atoms with Gasteiger partial charge in [0, 0.05) is 24.4 Å². The van der Waals surface area contributed by atoms with E-state index >= 15 is 0 Å². The lowest BCUT2D eigenvalue weighted by atomic mass is 10.0. The van der Waals surface area contributed by atoms with Crippen LogP contribution in [-0.2, 0) is 19.1 Å². The number of para-hydroxylation sites is 1. The zero-order valence-corrected chi connectivity index (χ0v) is 28.4. The first-order valence-corrected chi connectivity index (χ1v) is 17.1.